The molecule has 0 saturated heterocycles. The fourth-order valence-electron chi connectivity index (χ4n) is 1.88. The Bertz CT molecular complexity index is 597. The van der Waals surface area contributed by atoms with Gasteiger partial charge in [0.1, 0.15) is 5.75 Å². The summed E-state index contributed by atoms with van der Waals surface area (Å²) in [6, 6.07) is 14.9. The second kappa shape index (κ2) is 7.42. The molecule has 3 N–H and O–H groups in total. The van der Waals surface area contributed by atoms with Gasteiger partial charge in [0.15, 0.2) is 0 Å². The van der Waals surface area contributed by atoms with Gasteiger partial charge in [-0.15, -0.1) is 0 Å². The molecule has 1 amide bonds. The molecule has 21 heavy (non-hydrogen) atoms. The molecule has 110 valence electrons. The van der Waals surface area contributed by atoms with Gasteiger partial charge in [0.05, 0.1) is 20.3 Å². The molecule has 0 atom stereocenters. The molecule has 0 fully saturated rings. The molecule has 0 unspecified atom stereocenters. The van der Waals surface area contributed by atoms with Crippen molar-refractivity contribution < 1.29 is 14.3 Å². The fourth-order valence-corrected chi connectivity index (χ4v) is 1.88. The van der Waals surface area contributed by atoms with Gasteiger partial charge in [0.25, 0.3) is 5.91 Å². The molecule has 0 heterocycles. The van der Waals surface area contributed by atoms with E-state index in [2.05, 4.69) is 5.43 Å². The molecular weight excluding hydrogens is 268 g/mol. The molecule has 0 spiro atoms. The van der Waals surface area contributed by atoms with Crippen LogP contribution in [0.3, 0.4) is 0 Å². The van der Waals surface area contributed by atoms with Gasteiger partial charge >= 0.3 is 0 Å². The number of benzene rings is 2. The first-order chi connectivity index (χ1) is 10.2. The molecule has 2 aromatic carbocycles. The molecule has 0 aliphatic heterocycles. The Morgan fingerprint density at radius 2 is 1.81 bits per heavy atom. The lowest BCUT2D eigenvalue weighted by Crippen LogP contribution is -2.29. The summed E-state index contributed by atoms with van der Waals surface area (Å²) in [5, 5.41) is 0. The lowest BCUT2D eigenvalue weighted by molar-refractivity contribution is 0.0953. The summed E-state index contributed by atoms with van der Waals surface area (Å²) in [5.41, 5.74) is 4.66. The van der Waals surface area contributed by atoms with Crippen molar-refractivity contribution in [3.63, 3.8) is 0 Å². The van der Waals surface area contributed by atoms with Crippen LogP contribution in [0.2, 0.25) is 0 Å². The molecule has 2 rings (SSSR count). The first kappa shape index (κ1) is 15.0. The minimum Gasteiger partial charge on any atom is -0.497 e. The maximum Gasteiger partial charge on any atom is 0.265 e. The van der Waals surface area contributed by atoms with Crippen molar-refractivity contribution in [3.8, 4) is 5.75 Å². The Labute approximate surface area is 123 Å². The number of hydrazine groups is 1. The minimum atomic E-state index is -0.307. The van der Waals surface area contributed by atoms with E-state index in [1.165, 1.54) is 0 Å². The van der Waals surface area contributed by atoms with Crippen molar-refractivity contribution in [1.29, 1.82) is 0 Å². The van der Waals surface area contributed by atoms with Gasteiger partial charge in [-0.3, -0.25) is 10.2 Å². The average Bonchev–Trinajstić information content (AvgIpc) is 2.55. The number of ether oxygens (including phenoxy) is 2. The van der Waals surface area contributed by atoms with Crippen molar-refractivity contribution in [2.24, 2.45) is 5.84 Å². The Balaban J connectivity index is 1.87. The predicted octanol–water partition coefficient (Wildman–Crippen LogP) is 2.02. The number of nitrogens with one attached hydrogen (secondary N) is 1. The molecule has 2 aromatic rings. The summed E-state index contributed by atoms with van der Waals surface area (Å²) in [6.07, 6.45) is 0. The zero-order chi connectivity index (χ0) is 15.1. The molecule has 0 radical (unpaired) electrons. The second-order valence-corrected chi connectivity index (χ2v) is 4.51. The summed E-state index contributed by atoms with van der Waals surface area (Å²) in [6.45, 7) is 0.976. The van der Waals surface area contributed by atoms with Crippen LogP contribution in [0.4, 0.5) is 0 Å². The molecule has 0 aromatic heterocycles. The number of rotatable bonds is 6. The third-order valence-electron chi connectivity index (χ3n) is 3.02. The number of nitrogens with two attached hydrogens (primary N) is 1. The number of hydrogen-bond acceptors (Lipinski definition) is 4. The van der Waals surface area contributed by atoms with Crippen molar-refractivity contribution in [3.05, 3.63) is 65.2 Å². The summed E-state index contributed by atoms with van der Waals surface area (Å²) < 4.78 is 10.8. The molecule has 0 aliphatic carbocycles. The second-order valence-electron chi connectivity index (χ2n) is 4.51. The lowest BCUT2D eigenvalue weighted by Gasteiger charge is -2.07. The van der Waals surface area contributed by atoms with Crippen LogP contribution in [0.15, 0.2) is 48.5 Å². The van der Waals surface area contributed by atoms with E-state index in [1.54, 1.807) is 19.2 Å². The Hall–Kier alpha value is -2.37. The van der Waals surface area contributed by atoms with E-state index < -0.39 is 0 Å². The average molecular weight is 286 g/mol. The van der Waals surface area contributed by atoms with E-state index in [0.29, 0.717) is 18.8 Å². The Morgan fingerprint density at radius 3 is 2.48 bits per heavy atom. The Kier molecular flexibility index (Phi) is 5.31. The number of hydrogen-bond donors (Lipinski definition) is 2. The predicted molar refractivity (Wildman–Crippen MR) is 79.6 cm³/mol. The van der Waals surface area contributed by atoms with Crippen LogP contribution in [0.25, 0.3) is 0 Å². The SMILES string of the molecule is COc1cccc(COCc2ccc(C(=O)NN)cc2)c1. The highest BCUT2D eigenvalue weighted by molar-refractivity contribution is 5.93. The largest absolute Gasteiger partial charge is 0.497 e. The topological polar surface area (TPSA) is 73.6 Å². The van der Waals surface area contributed by atoms with Gasteiger partial charge in [-0.1, -0.05) is 24.3 Å². The molecular formula is C16H18N2O3. The summed E-state index contributed by atoms with van der Waals surface area (Å²) >= 11 is 0. The van der Waals surface area contributed by atoms with Gasteiger partial charge < -0.3 is 9.47 Å². The molecule has 0 aliphatic rings. The van der Waals surface area contributed by atoms with Crippen molar-refractivity contribution in [2.75, 3.05) is 7.11 Å². The van der Waals surface area contributed by atoms with Gasteiger partial charge in [0, 0.05) is 5.56 Å². The van der Waals surface area contributed by atoms with Gasteiger partial charge in [0.2, 0.25) is 0 Å². The van der Waals surface area contributed by atoms with Crippen molar-refractivity contribution >= 4 is 5.91 Å². The van der Waals surface area contributed by atoms with Crippen LogP contribution in [0.1, 0.15) is 21.5 Å². The summed E-state index contributed by atoms with van der Waals surface area (Å²) in [4.78, 5) is 11.3. The highest BCUT2D eigenvalue weighted by atomic mass is 16.5. The van der Waals surface area contributed by atoms with Crippen LogP contribution in [0.5, 0.6) is 5.75 Å². The first-order valence-electron chi connectivity index (χ1n) is 6.53. The standard InChI is InChI=1S/C16H18N2O3/c1-20-15-4-2-3-13(9-15)11-21-10-12-5-7-14(8-6-12)16(19)18-17/h2-9H,10-11,17H2,1H3,(H,18,19). The van der Waals surface area contributed by atoms with Crippen LogP contribution < -0.4 is 16.0 Å². The van der Waals surface area contributed by atoms with Crippen LogP contribution in [-0.4, -0.2) is 13.0 Å². The monoisotopic (exact) mass is 286 g/mol. The van der Waals surface area contributed by atoms with E-state index in [-0.39, 0.29) is 5.91 Å². The first-order valence-corrected chi connectivity index (χ1v) is 6.53. The van der Waals surface area contributed by atoms with Gasteiger partial charge in [-0.25, -0.2) is 5.84 Å². The summed E-state index contributed by atoms with van der Waals surface area (Å²) in [7, 11) is 1.64. The number of carbonyl (C=O) groups is 1. The highest BCUT2D eigenvalue weighted by Gasteiger charge is 2.03. The number of methoxy groups -OCH3 is 1. The number of nitrogen functional groups attached to an aromatic ring is 1. The fraction of sp³-hybridized carbons (Fsp3) is 0.188. The number of amides is 1. The van der Waals surface area contributed by atoms with E-state index >= 15 is 0 Å². The van der Waals surface area contributed by atoms with Gasteiger partial charge in [-0.05, 0) is 35.4 Å². The maximum atomic E-state index is 11.3. The normalized spacial score (nSPS) is 10.2. The third kappa shape index (κ3) is 4.30. The molecule has 5 nitrogen and oxygen atoms in total. The van der Waals surface area contributed by atoms with Crippen molar-refractivity contribution in [2.45, 2.75) is 13.2 Å². The number of carbonyl (C=O) groups excluding carboxylic acids is 1. The zero-order valence-corrected chi connectivity index (χ0v) is 11.8. The minimum absolute atomic E-state index is 0.307. The molecule has 0 bridgehead atoms. The van der Waals surface area contributed by atoms with Crippen LogP contribution in [-0.2, 0) is 18.0 Å². The van der Waals surface area contributed by atoms with E-state index in [0.717, 1.165) is 16.9 Å². The summed E-state index contributed by atoms with van der Waals surface area (Å²) in [5.74, 6) is 5.58. The molecule has 0 saturated carbocycles. The zero-order valence-electron chi connectivity index (χ0n) is 11.8. The Morgan fingerprint density at radius 1 is 1.10 bits per heavy atom. The highest BCUT2D eigenvalue weighted by Crippen LogP contribution is 2.14. The molecule has 5 heteroatoms. The van der Waals surface area contributed by atoms with Crippen LogP contribution in [0, 0.1) is 0 Å². The van der Waals surface area contributed by atoms with E-state index in [9.17, 15) is 4.79 Å². The maximum absolute atomic E-state index is 11.3. The third-order valence-corrected chi connectivity index (χ3v) is 3.02. The lowest BCUT2D eigenvalue weighted by atomic mass is 10.1. The van der Waals surface area contributed by atoms with E-state index in [4.69, 9.17) is 15.3 Å². The smallest absolute Gasteiger partial charge is 0.265 e. The quantitative estimate of drug-likeness (QED) is 0.484. The van der Waals surface area contributed by atoms with E-state index in [1.807, 2.05) is 36.4 Å². The van der Waals surface area contributed by atoms with Crippen LogP contribution >= 0.6 is 0 Å². The van der Waals surface area contributed by atoms with Crippen molar-refractivity contribution in [1.82, 2.24) is 5.43 Å². The van der Waals surface area contributed by atoms with Gasteiger partial charge in [-0.2, -0.15) is 0 Å².